The van der Waals surface area contributed by atoms with E-state index in [0.29, 0.717) is 52.2 Å². The lowest BCUT2D eigenvalue weighted by molar-refractivity contribution is -0.140. The zero-order chi connectivity index (χ0) is 21.3. The topological polar surface area (TPSA) is 65.1 Å². The third-order valence-electron chi connectivity index (χ3n) is 5.93. The molecule has 3 fully saturated rings. The highest BCUT2D eigenvalue weighted by Gasteiger charge is 2.38. The van der Waals surface area contributed by atoms with Crippen molar-refractivity contribution in [3.8, 4) is 0 Å². The van der Waals surface area contributed by atoms with Crippen molar-refractivity contribution in [2.75, 3.05) is 45.9 Å². The van der Waals surface area contributed by atoms with Crippen LogP contribution in [0.1, 0.15) is 17.5 Å². The number of piperidine rings is 1. The van der Waals surface area contributed by atoms with Crippen LogP contribution in [0.4, 0.5) is 18.0 Å². The van der Waals surface area contributed by atoms with Crippen LogP contribution in [0, 0.1) is 0 Å². The summed E-state index contributed by atoms with van der Waals surface area (Å²) in [7, 11) is 0. The molecule has 1 unspecified atom stereocenters. The van der Waals surface area contributed by atoms with Gasteiger partial charge in [-0.05, 0) is 24.1 Å². The fourth-order valence-electron chi connectivity index (χ4n) is 4.23. The number of rotatable bonds is 2. The second-order valence-electron chi connectivity index (χ2n) is 8.00. The SMILES string of the molecule is O=C1COC2CCN(C(=O)N3CCN(Cc4ccc(C(F)(F)F)cc4)CC3)C[C@H]2N1. The number of ether oxygens (including phenoxy) is 1. The number of benzene rings is 1. The standard InChI is InChI=1S/C20H25F3N4O3/c21-20(22,23)15-3-1-14(2-4-15)11-25-7-9-26(10-8-25)19(29)27-6-5-17-16(12-27)24-18(28)13-30-17/h1-4,16-17H,5-13H2,(H,24,28)/t16-,17?/m1/s1. The molecule has 3 saturated heterocycles. The minimum atomic E-state index is -4.33. The molecule has 3 aliphatic rings. The third-order valence-corrected chi connectivity index (χ3v) is 5.93. The number of hydrogen-bond donors (Lipinski definition) is 1. The van der Waals surface area contributed by atoms with Gasteiger partial charge in [0.1, 0.15) is 6.61 Å². The number of alkyl halides is 3. The lowest BCUT2D eigenvalue weighted by Gasteiger charge is -2.43. The van der Waals surface area contributed by atoms with E-state index in [1.807, 2.05) is 0 Å². The predicted octanol–water partition coefficient (Wildman–Crippen LogP) is 1.53. The summed E-state index contributed by atoms with van der Waals surface area (Å²) in [5, 5.41) is 2.90. The van der Waals surface area contributed by atoms with Crippen molar-refractivity contribution in [3.05, 3.63) is 35.4 Å². The van der Waals surface area contributed by atoms with Gasteiger partial charge >= 0.3 is 12.2 Å². The fourth-order valence-corrected chi connectivity index (χ4v) is 4.23. The van der Waals surface area contributed by atoms with E-state index in [-0.39, 0.29) is 30.7 Å². The Hall–Kier alpha value is -2.33. The molecule has 0 radical (unpaired) electrons. The molecular weight excluding hydrogens is 401 g/mol. The van der Waals surface area contributed by atoms with Crippen LogP contribution in [0.15, 0.2) is 24.3 Å². The predicted molar refractivity (Wildman–Crippen MR) is 102 cm³/mol. The van der Waals surface area contributed by atoms with E-state index < -0.39 is 11.7 Å². The molecule has 0 saturated carbocycles. The van der Waals surface area contributed by atoms with E-state index >= 15 is 0 Å². The molecule has 164 valence electrons. The highest BCUT2D eigenvalue weighted by atomic mass is 19.4. The molecule has 1 aromatic carbocycles. The monoisotopic (exact) mass is 426 g/mol. The Morgan fingerprint density at radius 3 is 2.43 bits per heavy atom. The van der Waals surface area contributed by atoms with Gasteiger partial charge in [-0.3, -0.25) is 9.69 Å². The van der Waals surface area contributed by atoms with Gasteiger partial charge in [0.25, 0.3) is 0 Å². The Morgan fingerprint density at radius 2 is 1.77 bits per heavy atom. The number of carbonyl (C=O) groups is 2. The van der Waals surface area contributed by atoms with E-state index in [1.54, 1.807) is 9.80 Å². The maximum atomic E-state index is 12.9. The summed E-state index contributed by atoms with van der Waals surface area (Å²) >= 11 is 0. The number of urea groups is 1. The molecule has 0 spiro atoms. The second-order valence-corrected chi connectivity index (χ2v) is 8.00. The van der Waals surface area contributed by atoms with Crippen molar-refractivity contribution in [2.45, 2.75) is 31.3 Å². The van der Waals surface area contributed by atoms with E-state index in [4.69, 9.17) is 4.74 Å². The first-order valence-electron chi connectivity index (χ1n) is 10.1. The fraction of sp³-hybridized carbons (Fsp3) is 0.600. The number of nitrogens with one attached hydrogen (secondary N) is 1. The molecule has 0 bridgehead atoms. The van der Waals surface area contributed by atoms with Crippen molar-refractivity contribution in [1.29, 1.82) is 0 Å². The van der Waals surface area contributed by atoms with Gasteiger partial charge in [-0.15, -0.1) is 0 Å². The first kappa shape index (κ1) is 20.9. The van der Waals surface area contributed by atoms with Crippen molar-refractivity contribution >= 4 is 11.9 Å². The van der Waals surface area contributed by atoms with Crippen LogP contribution in [-0.2, 0) is 22.3 Å². The average molecular weight is 426 g/mol. The number of morpholine rings is 1. The molecule has 3 amide bonds. The second kappa shape index (κ2) is 8.43. The lowest BCUT2D eigenvalue weighted by Crippen LogP contribution is -2.63. The van der Waals surface area contributed by atoms with E-state index in [1.165, 1.54) is 12.1 Å². The summed E-state index contributed by atoms with van der Waals surface area (Å²) in [5.74, 6) is -0.151. The summed E-state index contributed by atoms with van der Waals surface area (Å²) in [6, 6.07) is 5.02. The molecular formula is C20H25F3N4O3. The van der Waals surface area contributed by atoms with Gasteiger partial charge in [0.2, 0.25) is 5.91 Å². The van der Waals surface area contributed by atoms with Crippen LogP contribution in [0.25, 0.3) is 0 Å². The number of likely N-dealkylation sites (tertiary alicyclic amines) is 1. The first-order valence-corrected chi connectivity index (χ1v) is 10.1. The van der Waals surface area contributed by atoms with Gasteiger partial charge in [0, 0.05) is 45.8 Å². The van der Waals surface area contributed by atoms with Crippen LogP contribution in [0.3, 0.4) is 0 Å². The van der Waals surface area contributed by atoms with E-state index in [9.17, 15) is 22.8 Å². The summed E-state index contributed by atoms with van der Waals surface area (Å²) < 4.78 is 43.6. The number of carbonyl (C=O) groups excluding carboxylic acids is 2. The molecule has 3 heterocycles. The van der Waals surface area contributed by atoms with Crippen LogP contribution in [0.5, 0.6) is 0 Å². The number of halogens is 3. The van der Waals surface area contributed by atoms with Gasteiger partial charge in [-0.25, -0.2) is 4.79 Å². The molecule has 0 aromatic heterocycles. The van der Waals surface area contributed by atoms with Crippen molar-refractivity contribution in [2.24, 2.45) is 0 Å². The van der Waals surface area contributed by atoms with Crippen molar-refractivity contribution < 1.29 is 27.5 Å². The molecule has 7 nitrogen and oxygen atoms in total. The van der Waals surface area contributed by atoms with Crippen molar-refractivity contribution in [3.63, 3.8) is 0 Å². The maximum Gasteiger partial charge on any atom is 0.416 e. The zero-order valence-electron chi connectivity index (χ0n) is 16.5. The summed E-state index contributed by atoms with van der Waals surface area (Å²) in [5.41, 5.74) is 0.169. The molecule has 3 aliphatic heterocycles. The van der Waals surface area contributed by atoms with Crippen LogP contribution >= 0.6 is 0 Å². The first-order chi connectivity index (χ1) is 14.3. The average Bonchev–Trinajstić information content (AvgIpc) is 2.73. The quantitative estimate of drug-likeness (QED) is 0.779. The third kappa shape index (κ3) is 4.70. The zero-order valence-corrected chi connectivity index (χ0v) is 16.5. The molecule has 1 N–H and O–H groups in total. The van der Waals surface area contributed by atoms with Gasteiger partial charge < -0.3 is 19.9 Å². The Bertz CT molecular complexity index is 778. The smallest absolute Gasteiger partial charge is 0.366 e. The molecule has 30 heavy (non-hydrogen) atoms. The lowest BCUT2D eigenvalue weighted by atomic mass is 10.0. The molecule has 10 heteroatoms. The van der Waals surface area contributed by atoms with Crippen LogP contribution in [0.2, 0.25) is 0 Å². The van der Waals surface area contributed by atoms with Crippen LogP contribution in [-0.4, -0.2) is 84.7 Å². The molecule has 4 rings (SSSR count). The Kier molecular flexibility index (Phi) is 5.88. The summed E-state index contributed by atoms with van der Waals surface area (Å²) in [6.45, 7) is 4.12. The van der Waals surface area contributed by atoms with Gasteiger partial charge in [0.15, 0.2) is 0 Å². The number of amides is 3. The summed E-state index contributed by atoms with van der Waals surface area (Å²) in [4.78, 5) is 30.1. The van der Waals surface area contributed by atoms with Crippen molar-refractivity contribution in [1.82, 2.24) is 20.0 Å². The molecule has 1 aromatic rings. The number of nitrogens with zero attached hydrogens (tertiary/aromatic N) is 3. The maximum absolute atomic E-state index is 12.9. The largest absolute Gasteiger partial charge is 0.416 e. The van der Waals surface area contributed by atoms with Gasteiger partial charge in [0.05, 0.1) is 17.7 Å². The molecule has 2 atom stereocenters. The Balaban J connectivity index is 1.26. The van der Waals surface area contributed by atoms with Crippen LogP contribution < -0.4 is 5.32 Å². The highest BCUT2D eigenvalue weighted by molar-refractivity contribution is 5.79. The minimum Gasteiger partial charge on any atom is -0.366 e. The number of hydrogen-bond acceptors (Lipinski definition) is 4. The normalized spacial score (nSPS) is 25.6. The molecule has 0 aliphatic carbocycles. The minimum absolute atomic E-state index is 0.0349. The Morgan fingerprint density at radius 1 is 1.07 bits per heavy atom. The highest BCUT2D eigenvalue weighted by Crippen LogP contribution is 2.29. The number of piperazine rings is 1. The number of fused-ring (bicyclic) bond motifs is 1. The Labute approximate surface area is 172 Å². The van der Waals surface area contributed by atoms with E-state index in [0.717, 1.165) is 17.7 Å². The van der Waals surface area contributed by atoms with E-state index in [2.05, 4.69) is 10.2 Å². The summed E-state index contributed by atoms with van der Waals surface area (Å²) in [6.07, 6.45) is -3.66. The van der Waals surface area contributed by atoms with Gasteiger partial charge in [-0.2, -0.15) is 13.2 Å². The van der Waals surface area contributed by atoms with Gasteiger partial charge in [-0.1, -0.05) is 12.1 Å².